The highest BCUT2D eigenvalue weighted by Crippen LogP contribution is 2.25. The number of carbonyl (C=O) groups excluding carboxylic acids is 1. The molecular weight excluding hydrogens is 296 g/mol. The molecule has 1 aromatic rings. The molecule has 2 rings (SSSR count). The smallest absolute Gasteiger partial charge is 0.322 e. The maximum atomic E-state index is 14.1. The zero-order valence-electron chi connectivity index (χ0n) is 11.7. The largest absolute Gasteiger partial charge is 0.480 e. The van der Waals surface area contributed by atoms with E-state index in [-0.39, 0.29) is 5.69 Å². The third-order valence-corrected chi connectivity index (χ3v) is 3.39. The second kappa shape index (κ2) is 6.50. The molecule has 0 aliphatic carbocycles. The Morgan fingerprint density at radius 2 is 1.86 bits per heavy atom. The van der Waals surface area contributed by atoms with Crippen molar-refractivity contribution >= 4 is 23.3 Å². The maximum Gasteiger partial charge on any atom is 0.322 e. The van der Waals surface area contributed by atoms with Crippen molar-refractivity contribution in [3.05, 3.63) is 29.3 Å². The van der Waals surface area contributed by atoms with Gasteiger partial charge in [-0.15, -0.1) is 0 Å². The molecule has 3 N–H and O–H groups in total. The molecule has 8 heteroatoms. The lowest BCUT2D eigenvalue weighted by molar-refractivity contribution is -0.135. The van der Waals surface area contributed by atoms with Gasteiger partial charge >= 0.3 is 5.97 Å². The molecule has 0 aromatic heterocycles. The summed E-state index contributed by atoms with van der Waals surface area (Å²) in [5, 5.41) is 18.0. The minimum atomic E-state index is -1.28. The van der Waals surface area contributed by atoms with E-state index < -0.39 is 35.6 Å². The first-order chi connectivity index (χ1) is 10.4. The third kappa shape index (κ3) is 3.57. The predicted molar refractivity (Wildman–Crippen MR) is 75.5 cm³/mol. The summed E-state index contributed by atoms with van der Waals surface area (Å²) < 4.78 is 28.1. The topological polar surface area (TPSA) is 93.5 Å². The molecule has 1 aliphatic heterocycles. The number of hydrogen-bond donors (Lipinski definition) is 3. The maximum absolute atomic E-state index is 14.1. The van der Waals surface area contributed by atoms with E-state index in [9.17, 15) is 18.4 Å². The zero-order valence-corrected chi connectivity index (χ0v) is 11.7. The predicted octanol–water partition coefficient (Wildman–Crippen LogP) is 1.40. The lowest BCUT2D eigenvalue weighted by atomic mass is 10.1. The van der Waals surface area contributed by atoms with Crippen LogP contribution in [0.3, 0.4) is 0 Å². The van der Waals surface area contributed by atoms with Gasteiger partial charge in [0.05, 0.1) is 11.3 Å². The number of carbonyl (C=O) groups is 2. The van der Waals surface area contributed by atoms with Crippen LogP contribution in [0, 0.1) is 17.0 Å². The Balaban J connectivity index is 2.19. The van der Waals surface area contributed by atoms with E-state index >= 15 is 0 Å². The number of carboxylic acid groups (broad SMARTS) is 1. The second-order valence-corrected chi connectivity index (χ2v) is 4.95. The van der Waals surface area contributed by atoms with Crippen LogP contribution < -0.4 is 10.2 Å². The number of rotatable bonds is 4. The molecule has 1 aromatic carbocycles. The fourth-order valence-electron chi connectivity index (χ4n) is 2.22. The molecule has 22 heavy (non-hydrogen) atoms. The molecule has 0 radical (unpaired) electrons. The van der Waals surface area contributed by atoms with Gasteiger partial charge in [-0.2, -0.15) is 0 Å². The monoisotopic (exact) mass is 311 g/mol. The lowest BCUT2D eigenvalue weighted by Gasteiger charge is -2.29. The Morgan fingerprint density at radius 3 is 2.45 bits per heavy atom. The van der Waals surface area contributed by atoms with Gasteiger partial charge in [-0.05, 0) is 6.07 Å². The van der Waals surface area contributed by atoms with Crippen molar-refractivity contribution in [3.63, 3.8) is 0 Å². The van der Waals surface area contributed by atoms with E-state index in [4.69, 9.17) is 10.5 Å². The van der Waals surface area contributed by atoms with Crippen LogP contribution in [0.4, 0.5) is 14.5 Å². The summed E-state index contributed by atoms with van der Waals surface area (Å²) in [6, 6.07) is 1.70. The van der Waals surface area contributed by atoms with Gasteiger partial charge < -0.3 is 20.7 Å². The molecule has 0 unspecified atom stereocenters. The van der Waals surface area contributed by atoms with Crippen molar-refractivity contribution in [3.8, 4) is 0 Å². The normalized spacial score (nSPS) is 14.8. The molecule has 0 saturated carbocycles. The fraction of sp³-hybridized carbons (Fsp3) is 0.357. The van der Waals surface area contributed by atoms with Crippen molar-refractivity contribution in [2.75, 3.05) is 24.5 Å². The number of carboxylic acids is 1. The van der Waals surface area contributed by atoms with Gasteiger partial charge in [-0.25, -0.2) is 8.78 Å². The van der Waals surface area contributed by atoms with Crippen molar-refractivity contribution in [1.82, 2.24) is 5.32 Å². The van der Waals surface area contributed by atoms with Crippen LogP contribution in [0.2, 0.25) is 0 Å². The molecule has 6 nitrogen and oxygen atoms in total. The molecule has 0 spiro atoms. The summed E-state index contributed by atoms with van der Waals surface area (Å²) in [5.41, 5.74) is 0.0776. The summed E-state index contributed by atoms with van der Waals surface area (Å²) in [6.45, 7) is 0.162. The molecular formula is C14H15F2N3O3. The molecule has 1 aliphatic rings. The number of benzene rings is 1. The summed E-state index contributed by atoms with van der Waals surface area (Å²) in [6.07, 6.45) is 0.976. The van der Waals surface area contributed by atoms with Crippen molar-refractivity contribution in [1.29, 1.82) is 5.41 Å². The number of nitrogens with zero attached hydrogens (tertiary/aromatic N) is 1. The lowest BCUT2D eigenvalue weighted by Crippen LogP contribution is -2.34. The van der Waals surface area contributed by atoms with E-state index in [2.05, 4.69) is 0 Å². The molecule has 1 saturated heterocycles. The van der Waals surface area contributed by atoms with Gasteiger partial charge in [-0.1, -0.05) is 0 Å². The van der Waals surface area contributed by atoms with Gasteiger partial charge in [0.2, 0.25) is 0 Å². The second-order valence-electron chi connectivity index (χ2n) is 4.95. The van der Waals surface area contributed by atoms with Crippen molar-refractivity contribution < 1.29 is 23.5 Å². The fourth-order valence-corrected chi connectivity index (χ4v) is 2.22. The molecule has 1 fully saturated rings. The van der Waals surface area contributed by atoms with Crippen molar-refractivity contribution in [2.45, 2.75) is 12.8 Å². The first-order valence-electron chi connectivity index (χ1n) is 6.68. The molecule has 0 atom stereocenters. The van der Waals surface area contributed by atoms with E-state index in [1.165, 1.54) is 0 Å². The Bertz CT molecular complexity index is 624. The Kier molecular flexibility index (Phi) is 4.69. The quantitative estimate of drug-likeness (QED) is 0.783. The van der Waals surface area contributed by atoms with Gasteiger partial charge in [0.15, 0.2) is 0 Å². The highest BCUT2D eigenvalue weighted by Gasteiger charge is 2.22. The number of amides is 1. The van der Waals surface area contributed by atoms with Crippen LogP contribution in [-0.2, 0) is 4.79 Å². The summed E-state index contributed by atoms with van der Waals surface area (Å²) in [5.74, 6) is -3.93. The molecule has 1 heterocycles. The summed E-state index contributed by atoms with van der Waals surface area (Å²) >= 11 is 0. The average Bonchev–Trinajstić information content (AvgIpc) is 2.47. The first-order valence-corrected chi connectivity index (χ1v) is 6.68. The highest BCUT2D eigenvalue weighted by molar-refractivity contribution is 5.96. The number of aliphatic carboxylic acids is 1. The number of hydrogen-bond acceptors (Lipinski definition) is 4. The first kappa shape index (κ1) is 15.9. The van der Waals surface area contributed by atoms with Crippen LogP contribution in [0.1, 0.15) is 23.2 Å². The van der Waals surface area contributed by atoms with Crippen LogP contribution in [0.25, 0.3) is 0 Å². The molecule has 0 bridgehead atoms. The zero-order chi connectivity index (χ0) is 16.3. The van der Waals surface area contributed by atoms with Crippen molar-refractivity contribution in [2.24, 2.45) is 0 Å². The van der Waals surface area contributed by atoms with Gasteiger partial charge in [0.1, 0.15) is 18.2 Å². The Morgan fingerprint density at radius 1 is 1.23 bits per heavy atom. The van der Waals surface area contributed by atoms with E-state index in [0.717, 1.165) is 12.1 Å². The highest BCUT2D eigenvalue weighted by atomic mass is 19.1. The van der Waals surface area contributed by atoms with Gasteiger partial charge in [0, 0.05) is 37.7 Å². The van der Waals surface area contributed by atoms with Gasteiger partial charge in [0.25, 0.3) is 5.91 Å². The van der Waals surface area contributed by atoms with E-state index in [0.29, 0.717) is 31.6 Å². The summed E-state index contributed by atoms with van der Waals surface area (Å²) in [7, 11) is 0. The number of halogens is 2. The van der Waals surface area contributed by atoms with Crippen LogP contribution in [0.5, 0.6) is 0 Å². The Labute approximate surface area is 125 Å². The third-order valence-electron chi connectivity index (χ3n) is 3.39. The standard InChI is InChI=1S/C14H15F2N3O3/c15-10-6-12(19-3-1-8(17)2-4-19)11(16)5-9(10)14(22)18-7-13(20)21/h5-6,17H,1-4,7H2,(H,18,22)(H,20,21). The number of piperidine rings is 1. The van der Waals surface area contributed by atoms with Gasteiger partial charge in [-0.3, -0.25) is 9.59 Å². The van der Waals surface area contributed by atoms with E-state index in [1.807, 2.05) is 5.32 Å². The minimum Gasteiger partial charge on any atom is -0.480 e. The summed E-state index contributed by atoms with van der Waals surface area (Å²) in [4.78, 5) is 23.6. The Hall–Kier alpha value is -2.51. The molecule has 118 valence electrons. The van der Waals surface area contributed by atoms with E-state index in [1.54, 1.807) is 4.90 Å². The SMILES string of the molecule is N=C1CCN(c2cc(F)c(C(=O)NCC(=O)O)cc2F)CC1. The van der Waals surface area contributed by atoms with Crippen LogP contribution >= 0.6 is 0 Å². The average molecular weight is 311 g/mol. The van der Waals surface area contributed by atoms with Crippen LogP contribution in [-0.4, -0.2) is 42.3 Å². The minimum absolute atomic E-state index is 0.0415. The number of anilines is 1. The number of nitrogens with one attached hydrogen (secondary N) is 2. The van der Waals surface area contributed by atoms with Crippen LogP contribution in [0.15, 0.2) is 12.1 Å². The molecule has 1 amide bonds.